The van der Waals surface area contributed by atoms with Crippen LogP contribution in [-0.2, 0) is 38.9 Å². The Labute approximate surface area is 756 Å². The summed E-state index contributed by atoms with van der Waals surface area (Å²) in [5.41, 5.74) is 8.00. The quantitative estimate of drug-likeness (QED) is 0.0245. The van der Waals surface area contributed by atoms with Gasteiger partial charge in [0.25, 0.3) is 45.5 Å². The number of methoxy groups -OCH3 is 6. The molecule has 8 aromatic rings. The number of carbonyl (C=O) groups is 7. The molecular weight excluding hydrogens is 1690 g/mol. The molecule has 33 nitrogen and oxygen atoms in total. The van der Waals surface area contributed by atoms with Crippen LogP contribution in [0, 0.1) is 26.7 Å². The second-order valence-corrected chi connectivity index (χ2v) is 36.6. The molecule has 0 radical (unpaired) electrons. The topological polar surface area (TPSA) is 344 Å². The first kappa shape index (κ1) is 95.1. The number of amides is 7. The molecule has 0 spiro atoms. The zero-order valence-corrected chi connectivity index (χ0v) is 78.1. The Hall–Kier alpha value is -11.5. The van der Waals surface area contributed by atoms with Crippen molar-refractivity contribution >= 4 is 78.5 Å². The fourth-order valence-corrected chi connectivity index (χ4v) is 20.8. The highest BCUT2D eigenvalue weighted by Crippen LogP contribution is 2.46. The summed E-state index contributed by atoms with van der Waals surface area (Å²) in [6.45, 7) is 25.2. The number of aromatic nitrogens is 4. The number of ether oxygens (including phenoxy) is 6. The van der Waals surface area contributed by atoms with Gasteiger partial charge in [-0.3, -0.25) is 52.9 Å². The standard InChI is InChI=1S/C32H42N6O6S.C31H40N6O6S.C31H40N4O5/c1-7-36-16-18-37(19-17-36)26-11-8-10-24-29(26)32(40)38(31(24)39)25(23-13-14-27(43-5)28(20-23)44-6)12-9-15-33-45(41,42)30-21(2)34-35(4)22(30)3;1-6-35-15-17-36(18-16-35)25-10-7-9-23-29(25)31(39)37(30(23)38)24(22-12-13-26(42-4)27(19-22)43-5)11-8-14-32-44(40,41)28-20-34(3)21(2)33-28;1-4-33-16-18-34(19-17-33)25-11-6-10-23-28(25)31(38)35(30(23)37)24(12-7-15-32-29(36)21-8-5-9-21)22-13-14-26(39-2)27(20-22)40-3/h8,10-11,13-14,20,25,33H,7,9,12,15-19H2,1-6H3;7,9-10,12-13,19-20,24,32H,6,8,11,14-18H2,1-5H3;6,10-11,13-14,20-21,24H,4-5,7-9,12,15-19H2,1-3H3,(H,32,36)/t25-;2*24-/m111/s1. The first-order valence-electron chi connectivity index (χ1n) is 44.5. The van der Waals surface area contributed by atoms with Crippen molar-refractivity contribution in [1.82, 2.24) is 63.5 Å². The number of anilines is 3. The largest absolute Gasteiger partial charge is 0.493 e. The molecular formula is C94H122N16O17S2. The summed E-state index contributed by atoms with van der Waals surface area (Å²) in [5, 5.41) is 7.21. The van der Waals surface area contributed by atoms with Crippen molar-refractivity contribution in [3.05, 3.63) is 183 Å². The molecule has 6 aromatic carbocycles. The molecule has 3 N–H and O–H groups in total. The molecule has 1 saturated carbocycles. The fraction of sp³-hybridized carbons (Fsp3) is 0.479. The number of benzene rings is 6. The van der Waals surface area contributed by atoms with E-state index in [0.717, 1.165) is 140 Å². The predicted molar refractivity (Wildman–Crippen MR) is 490 cm³/mol. The number of carbonyl (C=O) groups excluding carboxylic acids is 7. The van der Waals surface area contributed by atoms with Crippen LogP contribution in [0.25, 0.3) is 0 Å². The number of hydrogen-bond donors (Lipinski definition) is 3. The highest BCUT2D eigenvalue weighted by molar-refractivity contribution is 7.89. The summed E-state index contributed by atoms with van der Waals surface area (Å²) in [7, 11) is 5.06. The first-order valence-corrected chi connectivity index (χ1v) is 47.4. The molecule has 15 rings (SSSR count). The molecule has 4 fully saturated rings. The van der Waals surface area contributed by atoms with Crippen molar-refractivity contribution in [3.63, 3.8) is 0 Å². The van der Waals surface area contributed by atoms with E-state index in [2.05, 4.69) is 75.0 Å². The summed E-state index contributed by atoms with van der Waals surface area (Å²) in [6.07, 6.45) is 6.94. The number of aryl methyl sites for hydroxylation is 4. The van der Waals surface area contributed by atoms with Crippen LogP contribution in [0.15, 0.2) is 125 Å². The SMILES string of the molecule is CCN1CCN(c2cccc3c2C(=O)N([C@H](CCCNC(=O)C2CCC2)c2ccc(OC)c(OC)c2)C3=O)CC1.CCN1CCN(c2cccc3c2C(=O)N([C@H](CCCNS(=O)(=O)c2c(C)nn(C)c2C)c2ccc(OC)c(OC)c2)C3=O)CC1.CCN1CCN(c2cccc3c2C(=O)N([C@H](CCCNS(=O)(=O)c2cn(C)c(C)n2)c2ccc(OC)c(OC)c2)C3=O)CC1. The van der Waals surface area contributed by atoms with E-state index < -0.39 is 38.2 Å². The van der Waals surface area contributed by atoms with Gasteiger partial charge in [-0.2, -0.15) is 5.10 Å². The number of imidazole rings is 1. The molecule has 8 heterocycles. The van der Waals surface area contributed by atoms with Crippen molar-refractivity contribution in [2.24, 2.45) is 20.0 Å². The maximum Gasteiger partial charge on any atom is 0.264 e. The van der Waals surface area contributed by atoms with Gasteiger partial charge in [-0.1, -0.05) is 63.6 Å². The predicted octanol–water partition coefficient (Wildman–Crippen LogP) is 10.2. The van der Waals surface area contributed by atoms with Gasteiger partial charge in [0.05, 0.1) is 123 Å². The Bertz CT molecular complexity index is 5660. The van der Waals surface area contributed by atoms with Gasteiger partial charge in [-0.05, 0) is 181 Å². The lowest BCUT2D eigenvalue weighted by atomic mass is 9.85. The molecule has 3 atom stereocenters. The molecule has 0 bridgehead atoms. The zero-order chi connectivity index (χ0) is 92.3. The molecule has 6 aliphatic heterocycles. The lowest BCUT2D eigenvalue weighted by Gasteiger charge is -2.36. The summed E-state index contributed by atoms with van der Waals surface area (Å²) >= 11 is 0. The number of fused-ring (bicyclic) bond motifs is 3. The summed E-state index contributed by atoms with van der Waals surface area (Å²) in [4.78, 5) is 119. The Kier molecular flexibility index (Phi) is 30.9. The van der Waals surface area contributed by atoms with Gasteiger partial charge in [0.1, 0.15) is 10.7 Å². The maximum atomic E-state index is 14.2. The second-order valence-electron chi connectivity index (χ2n) is 33.2. The summed E-state index contributed by atoms with van der Waals surface area (Å²) < 4.78 is 93.4. The van der Waals surface area contributed by atoms with Crippen molar-refractivity contribution in [3.8, 4) is 34.5 Å². The number of likely N-dealkylation sites (N-methyl/N-ethyl adjacent to an activating group) is 3. The van der Waals surface area contributed by atoms with Crippen LogP contribution in [0.2, 0.25) is 0 Å². The number of piperazine rings is 3. The third-order valence-corrected chi connectivity index (χ3v) is 29.0. The van der Waals surface area contributed by atoms with Crippen molar-refractivity contribution in [2.45, 2.75) is 127 Å². The molecule has 2 aromatic heterocycles. The molecule has 35 heteroatoms. The Morgan fingerprint density at radius 2 is 0.783 bits per heavy atom. The van der Waals surface area contributed by atoms with E-state index in [4.69, 9.17) is 28.4 Å². The van der Waals surface area contributed by atoms with Gasteiger partial charge in [-0.15, -0.1) is 0 Å². The van der Waals surface area contributed by atoms with Gasteiger partial charge in [-0.25, -0.2) is 31.3 Å². The van der Waals surface area contributed by atoms with E-state index in [1.807, 2.05) is 54.6 Å². The minimum absolute atomic E-state index is 0.0541. The Morgan fingerprint density at radius 3 is 1.08 bits per heavy atom. The molecule has 1 aliphatic carbocycles. The first-order chi connectivity index (χ1) is 62.1. The van der Waals surface area contributed by atoms with Gasteiger partial charge in [0, 0.05) is 124 Å². The minimum Gasteiger partial charge on any atom is -0.493 e. The second kappa shape index (κ2) is 42.0. The van der Waals surface area contributed by atoms with Gasteiger partial charge < -0.3 is 67.7 Å². The number of imide groups is 3. The van der Waals surface area contributed by atoms with Gasteiger partial charge in [0.2, 0.25) is 15.9 Å². The van der Waals surface area contributed by atoms with Crippen LogP contribution in [-0.4, -0.2) is 267 Å². The third kappa shape index (κ3) is 20.3. The molecule has 3 saturated heterocycles. The van der Waals surface area contributed by atoms with E-state index in [9.17, 15) is 50.4 Å². The van der Waals surface area contributed by atoms with E-state index in [-0.39, 0.29) is 70.3 Å². The van der Waals surface area contributed by atoms with Crippen LogP contribution in [0.1, 0.15) is 193 Å². The highest BCUT2D eigenvalue weighted by Gasteiger charge is 2.47. The average molecular weight is 1810 g/mol. The maximum absolute atomic E-state index is 14.2. The molecule has 692 valence electrons. The van der Waals surface area contributed by atoms with Crippen LogP contribution >= 0.6 is 0 Å². The number of rotatable bonds is 35. The van der Waals surface area contributed by atoms with Gasteiger partial charge >= 0.3 is 0 Å². The number of sulfonamides is 2. The van der Waals surface area contributed by atoms with Crippen molar-refractivity contribution in [2.75, 3.05) is 175 Å². The lowest BCUT2D eigenvalue weighted by Crippen LogP contribution is -2.46. The van der Waals surface area contributed by atoms with Crippen LogP contribution in [0.4, 0.5) is 17.1 Å². The average Bonchev–Trinajstić information content (AvgIpc) is 1.60. The van der Waals surface area contributed by atoms with E-state index in [1.165, 1.54) is 46.9 Å². The summed E-state index contributed by atoms with van der Waals surface area (Å²) in [6, 6.07) is 30.8. The number of nitrogens with zero attached hydrogens (tertiary/aromatic N) is 13. The fourth-order valence-electron chi connectivity index (χ4n) is 18.2. The molecule has 0 unspecified atom stereocenters. The smallest absolute Gasteiger partial charge is 0.264 e. The van der Waals surface area contributed by atoms with E-state index in [1.54, 1.807) is 115 Å². The molecule has 7 amide bonds. The normalized spacial score (nSPS) is 17.0. The lowest BCUT2D eigenvalue weighted by molar-refractivity contribution is -0.127. The number of nitrogens with one attached hydrogen (secondary N) is 3. The highest BCUT2D eigenvalue weighted by atomic mass is 32.2. The molecule has 7 aliphatic rings. The van der Waals surface area contributed by atoms with E-state index in [0.29, 0.717) is 141 Å². The van der Waals surface area contributed by atoms with Crippen LogP contribution in [0.3, 0.4) is 0 Å². The Balaban J connectivity index is 0.000000165. The zero-order valence-electron chi connectivity index (χ0n) is 76.4. The molecule has 129 heavy (non-hydrogen) atoms. The van der Waals surface area contributed by atoms with Crippen molar-refractivity contribution in [1.29, 1.82) is 0 Å². The third-order valence-electron chi connectivity index (χ3n) is 26.0. The summed E-state index contributed by atoms with van der Waals surface area (Å²) in [5.74, 6) is 1.87. The Morgan fingerprint density at radius 1 is 0.442 bits per heavy atom. The van der Waals surface area contributed by atoms with Crippen molar-refractivity contribution < 1.29 is 78.8 Å². The van der Waals surface area contributed by atoms with Crippen LogP contribution < -0.4 is 57.9 Å². The monoisotopic (exact) mass is 1810 g/mol. The van der Waals surface area contributed by atoms with Gasteiger partial charge in [0.15, 0.2) is 39.5 Å². The van der Waals surface area contributed by atoms with E-state index >= 15 is 0 Å². The number of hydrogen-bond acceptors (Lipinski definition) is 25. The minimum atomic E-state index is -3.83. The van der Waals surface area contributed by atoms with Crippen LogP contribution in [0.5, 0.6) is 34.5 Å².